The summed E-state index contributed by atoms with van der Waals surface area (Å²) < 4.78 is 3.46. The van der Waals surface area contributed by atoms with Gasteiger partial charge in [0.15, 0.2) is 0 Å². The van der Waals surface area contributed by atoms with Gasteiger partial charge in [-0.3, -0.25) is 0 Å². The summed E-state index contributed by atoms with van der Waals surface area (Å²) in [5.74, 6) is 5.13. The molecule has 2 aromatic carbocycles. The quantitative estimate of drug-likeness (QED) is 0.675. The number of benzene rings is 2. The topological polar surface area (TPSA) is 0 Å². The Morgan fingerprint density at radius 3 is 1.52 bits per heavy atom. The van der Waals surface area contributed by atoms with E-state index in [1.54, 1.807) is 8.81 Å². The molecule has 0 unspecified atom stereocenters. The fourth-order valence-electron chi connectivity index (χ4n) is 3.57. The Kier molecular flexibility index (Phi) is 2.97. The molecule has 2 aliphatic carbocycles. The van der Waals surface area contributed by atoms with Crippen LogP contribution in [0.1, 0.15) is 22.3 Å². The van der Waals surface area contributed by atoms with Gasteiger partial charge in [-0.25, -0.2) is 0 Å². The van der Waals surface area contributed by atoms with Crippen molar-refractivity contribution in [2.45, 2.75) is 24.4 Å². The van der Waals surface area contributed by atoms with Crippen LogP contribution < -0.4 is 0 Å². The summed E-state index contributed by atoms with van der Waals surface area (Å²) in [4.78, 5) is 0. The molecule has 0 saturated heterocycles. The van der Waals surface area contributed by atoms with Crippen LogP contribution in [0.5, 0.6) is 0 Å². The van der Waals surface area contributed by atoms with Crippen LogP contribution in [0.4, 0.5) is 0 Å². The fraction of sp³-hybridized carbons (Fsp3) is 0.200. The van der Waals surface area contributed by atoms with Gasteiger partial charge in [-0.15, -0.1) is 0 Å². The molecule has 0 radical (unpaired) electrons. The van der Waals surface area contributed by atoms with Gasteiger partial charge in [0.25, 0.3) is 0 Å². The van der Waals surface area contributed by atoms with E-state index in [-0.39, 0.29) is 0 Å². The zero-order valence-electron chi connectivity index (χ0n) is 12.7. The van der Waals surface area contributed by atoms with Crippen LogP contribution in [0.3, 0.4) is 0 Å². The Balaban J connectivity index is 1.68. The standard InChI is InChI=1S/C20H20Ge/c1-21(2,19-11-15-7-3-4-8-16(15)12-19)20-13-17-9-5-6-10-18(17)14-20/h3-11,13H,12,14H2,1-2H3. The van der Waals surface area contributed by atoms with E-state index in [0.717, 1.165) is 0 Å². The molecule has 2 aromatic rings. The second kappa shape index (κ2) is 4.74. The Morgan fingerprint density at radius 2 is 1.10 bits per heavy atom. The fourth-order valence-corrected chi connectivity index (χ4v) is 9.25. The Bertz CT molecular complexity index is 712. The molecule has 104 valence electrons. The van der Waals surface area contributed by atoms with Crippen molar-refractivity contribution >= 4 is 25.4 Å². The molecule has 0 saturated carbocycles. The van der Waals surface area contributed by atoms with E-state index < -0.39 is 13.3 Å². The van der Waals surface area contributed by atoms with Gasteiger partial charge in [-0.1, -0.05) is 0 Å². The van der Waals surface area contributed by atoms with Crippen molar-refractivity contribution < 1.29 is 0 Å². The van der Waals surface area contributed by atoms with Crippen molar-refractivity contribution in [3.05, 3.63) is 79.6 Å². The minimum absolute atomic E-state index is 1.18. The van der Waals surface area contributed by atoms with Crippen LogP contribution in [0.15, 0.2) is 57.3 Å². The molecule has 0 bridgehead atoms. The Morgan fingerprint density at radius 1 is 0.667 bits per heavy atom. The first-order chi connectivity index (χ1) is 10.1. The molecule has 0 nitrogen and oxygen atoms in total. The van der Waals surface area contributed by atoms with E-state index in [9.17, 15) is 0 Å². The van der Waals surface area contributed by atoms with Gasteiger partial charge in [0.2, 0.25) is 0 Å². The normalized spacial score (nSPS) is 16.3. The molecule has 0 N–H and O–H groups in total. The van der Waals surface area contributed by atoms with Crippen molar-refractivity contribution in [3.63, 3.8) is 0 Å². The van der Waals surface area contributed by atoms with Crippen molar-refractivity contribution in [1.82, 2.24) is 0 Å². The van der Waals surface area contributed by atoms with Gasteiger partial charge in [0.05, 0.1) is 0 Å². The molecular formula is C20H20Ge. The zero-order valence-corrected chi connectivity index (χ0v) is 14.8. The molecule has 1 heteroatoms. The van der Waals surface area contributed by atoms with E-state index in [4.69, 9.17) is 0 Å². The van der Waals surface area contributed by atoms with Gasteiger partial charge < -0.3 is 0 Å². The van der Waals surface area contributed by atoms with E-state index in [2.05, 4.69) is 72.2 Å². The summed E-state index contributed by atoms with van der Waals surface area (Å²) >= 11 is -2.09. The van der Waals surface area contributed by atoms with Gasteiger partial charge in [0.1, 0.15) is 0 Å². The SMILES string of the molecule is [CH3][Ge]([CH3])([C]1=Cc2ccccc2C1)[C]1=Cc2ccccc2C1. The molecule has 0 atom stereocenters. The average Bonchev–Trinajstić information content (AvgIpc) is 3.11. The molecule has 0 fully saturated rings. The zero-order chi connectivity index (χ0) is 14.4. The first kappa shape index (κ1) is 13.1. The van der Waals surface area contributed by atoms with E-state index in [1.165, 1.54) is 35.1 Å². The Hall–Kier alpha value is -1.54. The summed E-state index contributed by atoms with van der Waals surface area (Å²) in [6.07, 6.45) is 7.33. The van der Waals surface area contributed by atoms with Crippen molar-refractivity contribution in [2.75, 3.05) is 0 Å². The third-order valence-corrected chi connectivity index (χ3v) is 13.2. The minimum atomic E-state index is -2.09. The van der Waals surface area contributed by atoms with Crippen molar-refractivity contribution in [2.24, 2.45) is 0 Å². The van der Waals surface area contributed by atoms with Crippen molar-refractivity contribution in [1.29, 1.82) is 0 Å². The van der Waals surface area contributed by atoms with Crippen LogP contribution >= 0.6 is 0 Å². The van der Waals surface area contributed by atoms with Crippen LogP contribution in [0, 0.1) is 0 Å². The predicted molar refractivity (Wildman–Crippen MR) is 93.7 cm³/mol. The maximum absolute atomic E-state index is 2.56. The van der Waals surface area contributed by atoms with Crippen molar-refractivity contribution in [3.8, 4) is 0 Å². The van der Waals surface area contributed by atoms with Gasteiger partial charge in [-0.05, 0) is 0 Å². The molecule has 0 aromatic heterocycles. The number of allylic oxidation sites excluding steroid dienone is 2. The monoisotopic (exact) mass is 334 g/mol. The number of rotatable bonds is 2. The van der Waals surface area contributed by atoms with E-state index >= 15 is 0 Å². The molecule has 21 heavy (non-hydrogen) atoms. The molecule has 4 rings (SSSR count). The number of hydrogen-bond donors (Lipinski definition) is 0. The molecule has 2 aliphatic rings. The van der Waals surface area contributed by atoms with Gasteiger partial charge in [-0.2, -0.15) is 0 Å². The van der Waals surface area contributed by atoms with E-state index in [0.29, 0.717) is 0 Å². The molecule has 0 aliphatic heterocycles. The average molecular weight is 333 g/mol. The number of hydrogen-bond acceptors (Lipinski definition) is 0. The van der Waals surface area contributed by atoms with Crippen LogP contribution in [-0.2, 0) is 12.8 Å². The summed E-state index contributed by atoms with van der Waals surface area (Å²) in [5, 5.41) is 0. The molecule has 0 amide bonds. The second-order valence-corrected chi connectivity index (χ2v) is 16.2. The van der Waals surface area contributed by atoms with Gasteiger partial charge >= 0.3 is 129 Å². The summed E-state index contributed by atoms with van der Waals surface area (Å²) in [5.41, 5.74) is 5.93. The van der Waals surface area contributed by atoms with Crippen LogP contribution in [0.2, 0.25) is 11.5 Å². The molecule has 0 heterocycles. The van der Waals surface area contributed by atoms with Crippen LogP contribution in [-0.4, -0.2) is 13.3 Å². The third-order valence-electron chi connectivity index (χ3n) is 5.14. The number of fused-ring (bicyclic) bond motifs is 2. The van der Waals surface area contributed by atoms with Crippen LogP contribution in [0.25, 0.3) is 12.2 Å². The summed E-state index contributed by atoms with van der Waals surface area (Å²) in [6.45, 7) is 0. The maximum atomic E-state index is 2.56. The van der Waals surface area contributed by atoms with E-state index in [1.807, 2.05) is 0 Å². The Labute approximate surface area is 129 Å². The first-order valence-electron chi connectivity index (χ1n) is 7.72. The summed E-state index contributed by atoms with van der Waals surface area (Å²) in [7, 11) is 0. The van der Waals surface area contributed by atoms with Gasteiger partial charge in [0, 0.05) is 0 Å². The first-order valence-corrected chi connectivity index (χ1v) is 14.0. The molecule has 0 spiro atoms. The molecular weight excluding hydrogens is 313 g/mol. The predicted octanol–water partition coefficient (Wildman–Crippen LogP) is 5.05. The summed E-state index contributed by atoms with van der Waals surface area (Å²) in [6, 6.07) is 17.7. The second-order valence-electron chi connectivity index (χ2n) is 6.72. The third kappa shape index (κ3) is 2.13.